The standard InChI is InChI=1S/C11H13N3O2S/c1-14-9-11(8-12-14)17(15,16)13-7-10-5-3-2-4-6-10/h2-6,8-9,13H,7H2,1H3. The van der Waals surface area contributed by atoms with E-state index in [1.165, 1.54) is 17.1 Å². The molecule has 0 bridgehead atoms. The molecule has 0 aliphatic heterocycles. The first-order valence-electron chi connectivity index (χ1n) is 5.10. The lowest BCUT2D eigenvalue weighted by atomic mass is 10.2. The van der Waals surface area contributed by atoms with Crippen molar-refractivity contribution in [2.75, 3.05) is 0 Å². The fourth-order valence-electron chi connectivity index (χ4n) is 1.40. The summed E-state index contributed by atoms with van der Waals surface area (Å²) in [5.74, 6) is 0. The zero-order valence-corrected chi connectivity index (χ0v) is 10.2. The molecule has 0 spiro atoms. The maximum atomic E-state index is 11.9. The minimum atomic E-state index is -3.47. The van der Waals surface area contributed by atoms with Gasteiger partial charge in [0.2, 0.25) is 10.0 Å². The van der Waals surface area contributed by atoms with Crippen LogP contribution in [0.4, 0.5) is 0 Å². The Kier molecular flexibility index (Phi) is 3.26. The van der Waals surface area contributed by atoms with Gasteiger partial charge in [-0.25, -0.2) is 13.1 Å². The monoisotopic (exact) mass is 251 g/mol. The van der Waals surface area contributed by atoms with E-state index in [1.54, 1.807) is 7.05 Å². The van der Waals surface area contributed by atoms with Gasteiger partial charge in [0.25, 0.3) is 0 Å². The van der Waals surface area contributed by atoms with Crippen LogP contribution in [0.25, 0.3) is 0 Å². The van der Waals surface area contributed by atoms with Crippen LogP contribution >= 0.6 is 0 Å². The highest BCUT2D eigenvalue weighted by Gasteiger charge is 2.15. The van der Waals surface area contributed by atoms with Crippen molar-refractivity contribution in [2.45, 2.75) is 11.4 Å². The van der Waals surface area contributed by atoms with Gasteiger partial charge >= 0.3 is 0 Å². The molecule has 0 aliphatic rings. The summed E-state index contributed by atoms with van der Waals surface area (Å²) >= 11 is 0. The summed E-state index contributed by atoms with van der Waals surface area (Å²) in [5.41, 5.74) is 0.917. The molecule has 1 aromatic carbocycles. The average molecular weight is 251 g/mol. The first-order valence-corrected chi connectivity index (χ1v) is 6.58. The second-order valence-electron chi connectivity index (χ2n) is 3.66. The zero-order chi connectivity index (χ0) is 12.3. The fraction of sp³-hybridized carbons (Fsp3) is 0.182. The average Bonchev–Trinajstić information content (AvgIpc) is 2.76. The molecule has 90 valence electrons. The summed E-state index contributed by atoms with van der Waals surface area (Å²) in [5, 5.41) is 3.84. The van der Waals surface area contributed by atoms with Crippen molar-refractivity contribution < 1.29 is 8.42 Å². The Bertz CT molecular complexity index is 590. The number of aromatic nitrogens is 2. The molecule has 2 aromatic rings. The van der Waals surface area contributed by atoms with Crippen LogP contribution in [0, 0.1) is 0 Å². The van der Waals surface area contributed by atoms with Gasteiger partial charge in [-0.05, 0) is 5.56 Å². The van der Waals surface area contributed by atoms with Gasteiger partial charge < -0.3 is 0 Å². The van der Waals surface area contributed by atoms with E-state index in [2.05, 4.69) is 9.82 Å². The number of hydrogen-bond acceptors (Lipinski definition) is 3. The molecule has 5 nitrogen and oxygen atoms in total. The molecule has 0 saturated heterocycles. The Morgan fingerprint density at radius 3 is 2.59 bits per heavy atom. The summed E-state index contributed by atoms with van der Waals surface area (Å²) in [6.07, 6.45) is 2.79. The maximum Gasteiger partial charge on any atom is 0.243 e. The molecular formula is C11H13N3O2S. The molecule has 0 unspecified atom stereocenters. The lowest BCUT2D eigenvalue weighted by Gasteiger charge is -2.04. The van der Waals surface area contributed by atoms with Gasteiger partial charge in [0.1, 0.15) is 4.90 Å². The highest BCUT2D eigenvalue weighted by atomic mass is 32.2. The Balaban J connectivity index is 2.09. The van der Waals surface area contributed by atoms with Crippen molar-refractivity contribution in [3.8, 4) is 0 Å². The van der Waals surface area contributed by atoms with Crippen LogP contribution in [0.3, 0.4) is 0 Å². The second-order valence-corrected chi connectivity index (χ2v) is 5.43. The van der Waals surface area contributed by atoms with E-state index < -0.39 is 10.0 Å². The van der Waals surface area contributed by atoms with Crippen molar-refractivity contribution in [1.29, 1.82) is 0 Å². The quantitative estimate of drug-likeness (QED) is 0.878. The summed E-state index contributed by atoms with van der Waals surface area (Å²) in [7, 11) is -1.79. The summed E-state index contributed by atoms with van der Waals surface area (Å²) < 4.78 is 27.7. The van der Waals surface area contributed by atoms with Crippen molar-refractivity contribution in [3.63, 3.8) is 0 Å². The SMILES string of the molecule is Cn1cc(S(=O)(=O)NCc2ccccc2)cn1. The van der Waals surface area contributed by atoms with Crippen molar-refractivity contribution in [1.82, 2.24) is 14.5 Å². The predicted molar refractivity (Wildman–Crippen MR) is 63.7 cm³/mol. The number of nitrogens with zero attached hydrogens (tertiary/aromatic N) is 2. The van der Waals surface area contributed by atoms with Gasteiger partial charge in [-0.3, -0.25) is 4.68 Å². The fourth-order valence-corrected chi connectivity index (χ4v) is 2.40. The smallest absolute Gasteiger partial charge is 0.243 e. The van der Waals surface area contributed by atoms with E-state index in [-0.39, 0.29) is 11.4 Å². The van der Waals surface area contributed by atoms with E-state index in [1.807, 2.05) is 30.3 Å². The lowest BCUT2D eigenvalue weighted by Crippen LogP contribution is -2.22. The van der Waals surface area contributed by atoms with Crippen LogP contribution in [-0.2, 0) is 23.6 Å². The molecule has 0 atom stereocenters. The van der Waals surface area contributed by atoms with E-state index in [0.717, 1.165) is 5.56 Å². The minimum Gasteiger partial charge on any atom is -0.274 e. The molecule has 0 aliphatic carbocycles. The van der Waals surface area contributed by atoms with Crippen molar-refractivity contribution >= 4 is 10.0 Å². The van der Waals surface area contributed by atoms with Crippen LogP contribution in [0.5, 0.6) is 0 Å². The van der Waals surface area contributed by atoms with Crippen LogP contribution in [0.2, 0.25) is 0 Å². The lowest BCUT2D eigenvalue weighted by molar-refractivity contribution is 0.581. The number of rotatable bonds is 4. The molecule has 17 heavy (non-hydrogen) atoms. The number of sulfonamides is 1. The van der Waals surface area contributed by atoms with Crippen LogP contribution in [0.1, 0.15) is 5.56 Å². The molecular weight excluding hydrogens is 238 g/mol. The third-order valence-corrected chi connectivity index (χ3v) is 3.66. The van der Waals surface area contributed by atoms with Crippen LogP contribution in [-0.4, -0.2) is 18.2 Å². The van der Waals surface area contributed by atoms with E-state index >= 15 is 0 Å². The van der Waals surface area contributed by atoms with E-state index in [4.69, 9.17) is 0 Å². The molecule has 0 radical (unpaired) electrons. The normalized spacial score (nSPS) is 11.6. The van der Waals surface area contributed by atoms with Gasteiger partial charge in [0, 0.05) is 19.8 Å². The Morgan fingerprint density at radius 1 is 1.29 bits per heavy atom. The predicted octanol–water partition coefficient (Wildman–Crippen LogP) is 0.899. The number of hydrogen-bond donors (Lipinski definition) is 1. The third-order valence-electron chi connectivity index (χ3n) is 2.30. The molecule has 0 fully saturated rings. The van der Waals surface area contributed by atoms with Gasteiger partial charge in [-0.2, -0.15) is 5.10 Å². The summed E-state index contributed by atoms with van der Waals surface area (Å²) in [4.78, 5) is 0.177. The van der Waals surface area contributed by atoms with Gasteiger partial charge in [0.15, 0.2) is 0 Å². The van der Waals surface area contributed by atoms with Crippen LogP contribution < -0.4 is 4.72 Å². The topological polar surface area (TPSA) is 64.0 Å². The van der Waals surface area contributed by atoms with Gasteiger partial charge in [-0.1, -0.05) is 30.3 Å². The molecule has 1 heterocycles. The first kappa shape index (κ1) is 11.8. The third kappa shape index (κ3) is 2.92. The molecule has 0 saturated carbocycles. The molecule has 6 heteroatoms. The van der Waals surface area contributed by atoms with Gasteiger partial charge in [0.05, 0.1) is 6.20 Å². The van der Waals surface area contributed by atoms with Crippen molar-refractivity contribution in [2.24, 2.45) is 7.05 Å². The maximum absolute atomic E-state index is 11.9. The van der Waals surface area contributed by atoms with E-state index in [0.29, 0.717) is 0 Å². The Labute approximate surface area is 100 Å². The summed E-state index contributed by atoms with van der Waals surface area (Å²) in [6, 6.07) is 9.36. The molecule has 1 N–H and O–H groups in total. The van der Waals surface area contributed by atoms with E-state index in [9.17, 15) is 8.42 Å². The molecule has 0 amide bonds. The number of aryl methyl sites for hydroxylation is 1. The Hall–Kier alpha value is -1.66. The van der Waals surface area contributed by atoms with Crippen molar-refractivity contribution in [3.05, 3.63) is 48.3 Å². The zero-order valence-electron chi connectivity index (χ0n) is 9.37. The highest BCUT2D eigenvalue weighted by Crippen LogP contribution is 2.07. The molecule has 1 aromatic heterocycles. The first-order chi connectivity index (χ1) is 8.08. The highest BCUT2D eigenvalue weighted by molar-refractivity contribution is 7.89. The second kappa shape index (κ2) is 4.68. The summed E-state index contributed by atoms with van der Waals surface area (Å²) in [6.45, 7) is 0.276. The largest absolute Gasteiger partial charge is 0.274 e. The molecule has 2 rings (SSSR count). The van der Waals surface area contributed by atoms with Crippen LogP contribution in [0.15, 0.2) is 47.6 Å². The number of nitrogens with one attached hydrogen (secondary N) is 1. The minimum absolute atomic E-state index is 0.177. The Morgan fingerprint density at radius 2 is 2.00 bits per heavy atom. The van der Waals surface area contributed by atoms with Gasteiger partial charge in [-0.15, -0.1) is 0 Å². The number of benzene rings is 1.